The van der Waals surface area contributed by atoms with Crippen molar-refractivity contribution in [2.24, 2.45) is 11.7 Å². The smallest absolute Gasteiger partial charge is 0.252 e. The molecule has 0 spiro atoms. The van der Waals surface area contributed by atoms with Gasteiger partial charge in [-0.3, -0.25) is 4.79 Å². The highest BCUT2D eigenvalue weighted by Crippen LogP contribution is 2.36. The molecule has 4 N–H and O–H groups in total. The number of nitrogens with one attached hydrogen (secondary N) is 1. The SMILES string of the molecule is COc1c(CC2CCNCC2O)ccc(C(N)=O)c1OC. The average Bonchev–Trinajstić information content (AvgIpc) is 2.48. The molecule has 6 heteroatoms. The van der Waals surface area contributed by atoms with Gasteiger partial charge >= 0.3 is 0 Å². The number of aliphatic hydroxyl groups excluding tert-OH is 1. The molecule has 1 amide bonds. The van der Waals surface area contributed by atoms with Gasteiger partial charge in [-0.2, -0.15) is 0 Å². The number of rotatable bonds is 5. The van der Waals surface area contributed by atoms with Gasteiger partial charge in [0.2, 0.25) is 0 Å². The summed E-state index contributed by atoms with van der Waals surface area (Å²) in [6, 6.07) is 3.46. The number of carbonyl (C=O) groups is 1. The molecule has 1 aliphatic rings. The number of piperidine rings is 1. The van der Waals surface area contributed by atoms with Crippen molar-refractivity contribution in [1.82, 2.24) is 5.32 Å². The Kier molecular flexibility index (Phi) is 5.03. The Morgan fingerprint density at radius 2 is 2.10 bits per heavy atom. The molecule has 1 aromatic rings. The summed E-state index contributed by atoms with van der Waals surface area (Å²) in [6.07, 6.45) is 1.18. The van der Waals surface area contributed by atoms with Gasteiger partial charge in [-0.05, 0) is 36.9 Å². The van der Waals surface area contributed by atoms with Crippen LogP contribution in [0.15, 0.2) is 12.1 Å². The van der Waals surface area contributed by atoms with Gasteiger partial charge in [0.15, 0.2) is 11.5 Å². The Labute approximate surface area is 124 Å². The lowest BCUT2D eigenvalue weighted by Crippen LogP contribution is -2.41. The van der Waals surface area contributed by atoms with Crippen molar-refractivity contribution < 1.29 is 19.4 Å². The first kappa shape index (κ1) is 15.6. The van der Waals surface area contributed by atoms with E-state index in [-0.39, 0.29) is 12.0 Å². The third-order valence-corrected chi connectivity index (χ3v) is 3.94. The molecule has 116 valence electrons. The lowest BCUT2D eigenvalue weighted by molar-refractivity contribution is 0.0816. The second-order valence-corrected chi connectivity index (χ2v) is 5.23. The summed E-state index contributed by atoms with van der Waals surface area (Å²) in [6.45, 7) is 1.49. The Bertz CT molecular complexity index is 519. The van der Waals surface area contributed by atoms with Crippen LogP contribution in [0.5, 0.6) is 11.5 Å². The fourth-order valence-corrected chi connectivity index (χ4v) is 2.80. The zero-order chi connectivity index (χ0) is 15.4. The van der Waals surface area contributed by atoms with E-state index >= 15 is 0 Å². The van der Waals surface area contributed by atoms with Crippen LogP contribution in [-0.4, -0.2) is 44.4 Å². The van der Waals surface area contributed by atoms with Crippen LogP contribution in [0.2, 0.25) is 0 Å². The highest BCUT2D eigenvalue weighted by molar-refractivity contribution is 5.96. The minimum atomic E-state index is -0.557. The van der Waals surface area contributed by atoms with Crippen molar-refractivity contribution in [2.45, 2.75) is 18.9 Å². The molecule has 21 heavy (non-hydrogen) atoms. The summed E-state index contributed by atoms with van der Waals surface area (Å²) in [5, 5.41) is 13.2. The van der Waals surface area contributed by atoms with Crippen LogP contribution in [0.3, 0.4) is 0 Å². The largest absolute Gasteiger partial charge is 0.493 e. The third kappa shape index (κ3) is 3.28. The van der Waals surface area contributed by atoms with Gasteiger partial charge in [0.05, 0.1) is 25.9 Å². The molecule has 0 saturated carbocycles. The van der Waals surface area contributed by atoms with Crippen LogP contribution in [0, 0.1) is 5.92 Å². The van der Waals surface area contributed by atoms with Crippen LogP contribution < -0.4 is 20.5 Å². The second kappa shape index (κ2) is 6.78. The molecule has 0 aliphatic carbocycles. The zero-order valence-corrected chi connectivity index (χ0v) is 12.4. The van der Waals surface area contributed by atoms with E-state index in [9.17, 15) is 9.90 Å². The lowest BCUT2D eigenvalue weighted by Gasteiger charge is -2.29. The Balaban J connectivity index is 2.33. The number of methoxy groups -OCH3 is 2. The number of ether oxygens (including phenoxy) is 2. The number of aliphatic hydroxyl groups is 1. The molecule has 0 radical (unpaired) electrons. The molecule has 0 bridgehead atoms. The van der Waals surface area contributed by atoms with E-state index < -0.39 is 5.91 Å². The van der Waals surface area contributed by atoms with E-state index in [2.05, 4.69) is 5.32 Å². The summed E-state index contributed by atoms with van der Waals surface area (Å²) in [7, 11) is 3.01. The standard InChI is InChI=1S/C15H22N2O4/c1-20-13-10(7-9-5-6-17-8-12(9)18)3-4-11(15(16)19)14(13)21-2/h3-4,9,12,17-18H,5-8H2,1-2H3,(H2,16,19). The topological polar surface area (TPSA) is 93.8 Å². The van der Waals surface area contributed by atoms with E-state index in [1.54, 1.807) is 6.07 Å². The van der Waals surface area contributed by atoms with Gasteiger partial charge in [-0.1, -0.05) is 6.07 Å². The van der Waals surface area contributed by atoms with E-state index in [1.807, 2.05) is 6.07 Å². The Morgan fingerprint density at radius 1 is 1.38 bits per heavy atom. The van der Waals surface area contributed by atoms with Gasteiger partial charge in [0.1, 0.15) is 0 Å². The number of hydrogen-bond acceptors (Lipinski definition) is 5. The first-order valence-electron chi connectivity index (χ1n) is 7.01. The molecular formula is C15H22N2O4. The minimum absolute atomic E-state index is 0.157. The zero-order valence-electron chi connectivity index (χ0n) is 12.4. The van der Waals surface area contributed by atoms with Gasteiger partial charge in [0, 0.05) is 6.54 Å². The van der Waals surface area contributed by atoms with Crippen LogP contribution >= 0.6 is 0 Å². The van der Waals surface area contributed by atoms with E-state index in [0.29, 0.717) is 30.0 Å². The molecule has 2 atom stereocenters. The molecule has 1 aliphatic heterocycles. The first-order valence-corrected chi connectivity index (χ1v) is 7.01. The highest BCUT2D eigenvalue weighted by Gasteiger charge is 2.26. The maximum atomic E-state index is 11.4. The Morgan fingerprint density at radius 3 is 2.67 bits per heavy atom. The lowest BCUT2D eigenvalue weighted by atomic mass is 9.88. The van der Waals surface area contributed by atoms with Crippen molar-refractivity contribution in [3.05, 3.63) is 23.3 Å². The van der Waals surface area contributed by atoms with Gasteiger partial charge in [0.25, 0.3) is 5.91 Å². The number of hydrogen-bond donors (Lipinski definition) is 3. The fourth-order valence-electron chi connectivity index (χ4n) is 2.80. The highest BCUT2D eigenvalue weighted by atomic mass is 16.5. The summed E-state index contributed by atoms with van der Waals surface area (Å²) in [5.74, 6) is 0.466. The quantitative estimate of drug-likeness (QED) is 0.727. The van der Waals surface area contributed by atoms with Gasteiger partial charge in [-0.15, -0.1) is 0 Å². The third-order valence-electron chi connectivity index (χ3n) is 3.94. The summed E-state index contributed by atoms with van der Waals surface area (Å²) in [4.78, 5) is 11.4. The molecule has 2 rings (SSSR count). The molecule has 1 fully saturated rings. The summed E-state index contributed by atoms with van der Waals surface area (Å²) < 4.78 is 10.7. The monoisotopic (exact) mass is 294 g/mol. The van der Waals surface area contributed by atoms with E-state index in [4.69, 9.17) is 15.2 Å². The van der Waals surface area contributed by atoms with E-state index in [0.717, 1.165) is 18.5 Å². The maximum Gasteiger partial charge on any atom is 0.252 e. The van der Waals surface area contributed by atoms with Crippen molar-refractivity contribution in [1.29, 1.82) is 0 Å². The normalized spacial score (nSPS) is 21.9. The fraction of sp³-hybridized carbons (Fsp3) is 0.533. The molecule has 1 aromatic carbocycles. The summed E-state index contributed by atoms with van der Waals surface area (Å²) in [5.41, 5.74) is 6.55. The van der Waals surface area contributed by atoms with Crippen LogP contribution in [0.25, 0.3) is 0 Å². The number of β-amino-alcohol motifs (C(OH)–C–C–N with tert-alkyl or cyclic N) is 1. The first-order chi connectivity index (χ1) is 10.1. The second-order valence-electron chi connectivity index (χ2n) is 5.23. The number of primary amides is 1. The number of nitrogens with two attached hydrogens (primary N) is 1. The van der Waals surface area contributed by atoms with Crippen LogP contribution in [0.4, 0.5) is 0 Å². The minimum Gasteiger partial charge on any atom is -0.493 e. The number of benzene rings is 1. The van der Waals surface area contributed by atoms with Crippen molar-refractivity contribution in [3.8, 4) is 11.5 Å². The number of amides is 1. The van der Waals surface area contributed by atoms with Crippen LogP contribution in [0.1, 0.15) is 22.3 Å². The molecule has 2 unspecified atom stereocenters. The predicted octanol–water partition coefficient (Wildman–Crippen LogP) is 0.316. The van der Waals surface area contributed by atoms with Crippen LogP contribution in [-0.2, 0) is 6.42 Å². The average molecular weight is 294 g/mol. The molecule has 6 nitrogen and oxygen atoms in total. The molecular weight excluding hydrogens is 272 g/mol. The van der Waals surface area contributed by atoms with Crippen molar-refractivity contribution in [2.75, 3.05) is 27.3 Å². The van der Waals surface area contributed by atoms with Crippen molar-refractivity contribution in [3.63, 3.8) is 0 Å². The Hall–Kier alpha value is -1.79. The maximum absolute atomic E-state index is 11.4. The van der Waals surface area contributed by atoms with Crippen molar-refractivity contribution >= 4 is 5.91 Å². The molecule has 0 aromatic heterocycles. The van der Waals surface area contributed by atoms with E-state index in [1.165, 1.54) is 14.2 Å². The summed E-state index contributed by atoms with van der Waals surface area (Å²) >= 11 is 0. The molecule has 1 saturated heterocycles. The molecule has 1 heterocycles. The predicted molar refractivity (Wildman–Crippen MR) is 78.8 cm³/mol. The van der Waals surface area contributed by atoms with Gasteiger partial charge in [-0.25, -0.2) is 0 Å². The number of carbonyl (C=O) groups excluding carboxylic acids is 1. The van der Waals surface area contributed by atoms with Gasteiger partial charge < -0.3 is 25.6 Å².